The summed E-state index contributed by atoms with van der Waals surface area (Å²) < 4.78 is 7.02. The molecule has 0 saturated heterocycles. The molecule has 6 nitrogen and oxygen atoms in total. The number of likely N-dealkylation sites (N-methyl/N-ethyl adjacent to an activating group) is 1. The van der Waals surface area contributed by atoms with Gasteiger partial charge in [0.1, 0.15) is 5.75 Å². The molecule has 0 saturated carbocycles. The predicted molar refractivity (Wildman–Crippen MR) is 107 cm³/mol. The number of hydrogen-bond donors (Lipinski definition) is 0. The van der Waals surface area contributed by atoms with Gasteiger partial charge in [-0.15, -0.1) is 0 Å². The average Bonchev–Trinajstić information content (AvgIpc) is 3.02. The molecule has 6 heteroatoms. The summed E-state index contributed by atoms with van der Waals surface area (Å²) in [4.78, 5) is 27.1. The van der Waals surface area contributed by atoms with Crippen LogP contribution in [0.4, 0.5) is 0 Å². The van der Waals surface area contributed by atoms with Crippen LogP contribution in [-0.4, -0.2) is 40.5 Å². The number of carbonyl (C=O) groups is 2. The SMILES string of the molecule is COc1ccccc1CN(C)C(=O)C(=O)c1c(C)nn(-c2ccccc2)c1C. The fraction of sp³-hybridized carbons (Fsp3) is 0.227. The first-order valence-corrected chi connectivity index (χ1v) is 8.97. The summed E-state index contributed by atoms with van der Waals surface area (Å²) in [7, 11) is 3.19. The zero-order chi connectivity index (χ0) is 20.3. The molecule has 0 spiro atoms. The van der Waals surface area contributed by atoms with Gasteiger partial charge in [0, 0.05) is 19.2 Å². The van der Waals surface area contributed by atoms with Crippen molar-refractivity contribution in [2.45, 2.75) is 20.4 Å². The lowest BCUT2D eigenvalue weighted by Gasteiger charge is -2.18. The molecule has 1 amide bonds. The lowest BCUT2D eigenvalue weighted by molar-refractivity contribution is -0.125. The highest BCUT2D eigenvalue weighted by atomic mass is 16.5. The molecule has 0 aliphatic rings. The van der Waals surface area contributed by atoms with E-state index in [0.717, 1.165) is 11.3 Å². The molecule has 0 fully saturated rings. The van der Waals surface area contributed by atoms with E-state index in [-0.39, 0.29) is 6.54 Å². The van der Waals surface area contributed by atoms with E-state index in [4.69, 9.17) is 4.74 Å². The highest BCUT2D eigenvalue weighted by molar-refractivity contribution is 6.43. The van der Waals surface area contributed by atoms with E-state index in [1.165, 1.54) is 4.90 Å². The van der Waals surface area contributed by atoms with Gasteiger partial charge >= 0.3 is 0 Å². The Labute approximate surface area is 164 Å². The van der Waals surface area contributed by atoms with Crippen molar-refractivity contribution in [3.05, 3.63) is 77.1 Å². The maximum absolute atomic E-state index is 12.9. The van der Waals surface area contributed by atoms with E-state index in [9.17, 15) is 9.59 Å². The second kappa shape index (κ2) is 8.08. The number of aromatic nitrogens is 2. The molecule has 0 bridgehead atoms. The number of para-hydroxylation sites is 2. The van der Waals surface area contributed by atoms with Gasteiger partial charge in [0.15, 0.2) is 0 Å². The van der Waals surface area contributed by atoms with E-state index in [1.807, 2.05) is 54.6 Å². The van der Waals surface area contributed by atoms with Crippen LogP contribution in [0.2, 0.25) is 0 Å². The third kappa shape index (κ3) is 3.67. The van der Waals surface area contributed by atoms with Gasteiger partial charge in [-0.3, -0.25) is 9.59 Å². The quantitative estimate of drug-likeness (QED) is 0.488. The van der Waals surface area contributed by atoms with E-state index in [0.29, 0.717) is 22.7 Å². The first kappa shape index (κ1) is 19.4. The van der Waals surface area contributed by atoms with Crippen molar-refractivity contribution in [3.8, 4) is 11.4 Å². The summed E-state index contributed by atoms with van der Waals surface area (Å²) in [5.41, 5.74) is 3.21. The summed E-state index contributed by atoms with van der Waals surface area (Å²) in [6, 6.07) is 17.0. The molecule has 3 rings (SSSR count). The van der Waals surface area contributed by atoms with E-state index in [2.05, 4.69) is 5.10 Å². The molecule has 2 aromatic carbocycles. The zero-order valence-electron chi connectivity index (χ0n) is 16.5. The minimum absolute atomic E-state index is 0.277. The summed E-state index contributed by atoms with van der Waals surface area (Å²) in [5, 5.41) is 4.46. The summed E-state index contributed by atoms with van der Waals surface area (Å²) in [6.45, 7) is 3.82. The van der Waals surface area contributed by atoms with Gasteiger partial charge in [-0.05, 0) is 32.0 Å². The molecular weight excluding hydrogens is 354 g/mol. The molecule has 0 unspecified atom stereocenters. The summed E-state index contributed by atoms with van der Waals surface area (Å²) in [5.74, 6) is -0.460. The third-order valence-corrected chi connectivity index (χ3v) is 4.66. The third-order valence-electron chi connectivity index (χ3n) is 4.66. The number of methoxy groups -OCH3 is 1. The Morgan fingerprint density at radius 3 is 2.36 bits per heavy atom. The van der Waals surface area contributed by atoms with Crippen LogP contribution in [0.25, 0.3) is 5.69 Å². The van der Waals surface area contributed by atoms with Crippen molar-refractivity contribution >= 4 is 11.7 Å². The van der Waals surface area contributed by atoms with Gasteiger partial charge in [0.2, 0.25) is 0 Å². The van der Waals surface area contributed by atoms with Crippen molar-refractivity contribution < 1.29 is 14.3 Å². The van der Waals surface area contributed by atoms with Crippen molar-refractivity contribution in [1.82, 2.24) is 14.7 Å². The number of hydrogen-bond acceptors (Lipinski definition) is 4. The number of nitrogens with zero attached hydrogens (tertiary/aromatic N) is 3. The van der Waals surface area contributed by atoms with Crippen LogP contribution in [0.5, 0.6) is 5.75 Å². The fourth-order valence-corrected chi connectivity index (χ4v) is 3.23. The van der Waals surface area contributed by atoms with E-state index < -0.39 is 11.7 Å². The molecule has 0 radical (unpaired) electrons. The van der Waals surface area contributed by atoms with Gasteiger partial charge in [0.05, 0.1) is 29.7 Å². The van der Waals surface area contributed by atoms with Crippen LogP contribution in [0.3, 0.4) is 0 Å². The number of ether oxygens (including phenoxy) is 1. The topological polar surface area (TPSA) is 64.4 Å². The smallest absolute Gasteiger partial charge is 0.295 e. The normalized spacial score (nSPS) is 10.6. The lowest BCUT2D eigenvalue weighted by Crippen LogP contribution is -2.33. The Morgan fingerprint density at radius 2 is 1.68 bits per heavy atom. The molecule has 0 N–H and O–H groups in total. The Balaban J connectivity index is 1.85. The van der Waals surface area contributed by atoms with Crippen LogP contribution < -0.4 is 4.74 Å². The first-order valence-electron chi connectivity index (χ1n) is 8.97. The van der Waals surface area contributed by atoms with Crippen LogP contribution in [0.15, 0.2) is 54.6 Å². The zero-order valence-corrected chi connectivity index (χ0v) is 16.5. The second-order valence-corrected chi connectivity index (χ2v) is 6.60. The molecule has 3 aromatic rings. The number of ketones is 1. The highest BCUT2D eigenvalue weighted by Crippen LogP contribution is 2.21. The molecule has 144 valence electrons. The molecule has 28 heavy (non-hydrogen) atoms. The minimum Gasteiger partial charge on any atom is -0.496 e. The Bertz CT molecular complexity index is 1010. The maximum Gasteiger partial charge on any atom is 0.295 e. The van der Waals surface area contributed by atoms with Gasteiger partial charge < -0.3 is 9.64 Å². The molecular formula is C22H23N3O3. The van der Waals surface area contributed by atoms with Crippen LogP contribution >= 0.6 is 0 Å². The number of amides is 1. The maximum atomic E-state index is 12.9. The van der Waals surface area contributed by atoms with Crippen LogP contribution in [0.1, 0.15) is 27.3 Å². The Kier molecular flexibility index (Phi) is 5.59. The monoisotopic (exact) mass is 377 g/mol. The van der Waals surface area contributed by atoms with Gasteiger partial charge in [-0.2, -0.15) is 5.10 Å². The van der Waals surface area contributed by atoms with E-state index in [1.54, 1.807) is 32.7 Å². The second-order valence-electron chi connectivity index (χ2n) is 6.60. The van der Waals surface area contributed by atoms with Crippen LogP contribution in [0, 0.1) is 13.8 Å². The Morgan fingerprint density at radius 1 is 1.04 bits per heavy atom. The molecule has 0 atom stereocenters. The lowest BCUT2D eigenvalue weighted by atomic mass is 10.1. The standard InChI is InChI=1S/C22H23N3O3/c1-15-20(16(2)25(23-15)18-11-6-5-7-12-18)21(26)22(27)24(3)14-17-10-8-9-13-19(17)28-4/h5-13H,14H2,1-4H3. The van der Waals surface area contributed by atoms with Crippen molar-refractivity contribution in [1.29, 1.82) is 0 Å². The molecule has 1 aromatic heterocycles. The van der Waals surface area contributed by atoms with E-state index >= 15 is 0 Å². The summed E-state index contributed by atoms with van der Waals surface area (Å²) >= 11 is 0. The number of aryl methyl sites for hydroxylation is 1. The van der Waals surface area contributed by atoms with Crippen molar-refractivity contribution in [3.63, 3.8) is 0 Å². The van der Waals surface area contributed by atoms with Crippen molar-refractivity contribution in [2.24, 2.45) is 0 Å². The number of carbonyl (C=O) groups excluding carboxylic acids is 2. The fourth-order valence-electron chi connectivity index (χ4n) is 3.23. The van der Waals surface area contributed by atoms with Crippen LogP contribution in [-0.2, 0) is 11.3 Å². The number of Topliss-reactive ketones (excluding diaryl/α,β-unsaturated/α-hetero) is 1. The first-order chi connectivity index (χ1) is 13.4. The molecule has 0 aliphatic carbocycles. The van der Waals surface area contributed by atoms with Gasteiger partial charge in [-0.25, -0.2) is 4.68 Å². The van der Waals surface area contributed by atoms with Crippen molar-refractivity contribution in [2.75, 3.05) is 14.2 Å². The number of rotatable bonds is 6. The van der Waals surface area contributed by atoms with Gasteiger partial charge in [-0.1, -0.05) is 36.4 Å². The molecule has 1 heterocycles. The average molecular weight is 377 g/mol. The van der Waals surface area contributed by atoms with Gasteiger partial charge in [0.25, 0.3) is 11.7 Å². The minimum atomic E-state index is -0.579. The predicted octanol–water partition coefficient (Wildman–Crippen LogP) is 3.34. The number of benzene rings is 2. The largest absolute Gasteiger partial charge is 0.496 e. The summed E-state index contributed by atoms with van der Waals surface area (Å²) in [6.07, 6.45) is 0. The Hall–Kier alpha value is -3.41. The molecule has 0 aliphatic heterocycles. The highest BCUT2D eigenvalue weighted by Gasteiger charge is 2.27.